The molecule has 5 nitrogen and oxygen atoms in total. The Hall–Kier alpha value is -1.79. The number of ketones is 1. The van der Waals surface area contributed by atoms with Crippen LogP contribution in [-0.2, 0) is 0 Å². The molecule has 0 atom stereocenters. The number of aromatic amines is 1. The second-order valence-corrected chi connectivity index (χ2v) is 5.18. The molecule has 7 heteroatoms. The molecule has 98 valence electrons. The fraction of sp³-hybridized carbons (Fsp3) is 0.0833. The summed E-state index contributed by atoms with van der Waals surface area (Å²) in [5.41, 5.74) is 0.123. The van der Waals surface area contributed by atoms with E-state index < -0.39 is 4.92 Å². The van der Waals surface area contributed by atoms with Gasteiger partial charge in [0, 0.05) is 16.0 Å². The Balaban J connectivity index is 1.99. The number of nitro groups is 1. The van der Waals surface area contributed by atoms with Crippen molar-refractivity contribution in [2.45, 2.75) is 4.90 Å². The Bertz CT molecular complexity index is 627. The van der Waals surface area contributed by atoms with Crippen LogP contribution in [0.1, 0.15) is 10.5 Å². The summed E-state index contributed by atoms with van der Waals surface area (Å²) in [6.07, 6.45) is 1.21. The molecule has 0 spiro atoms. The number of carbonyl (C=O) groups excluding carboxylic acids is 1. The number of Topliss-reactive ketones (excluding diaryl/α,β-unsaturated/α-hetero) is 1. The predicted molar refractivity (Wildman–Crippen MR) is 74.0 cm³/mol. The molecule has 0 amide bonds. The average molecular weight is 297 g/mol. The lowest BCUT2D eigenvalue weighted by Crippen LogP contribution is -2.02. The maximum atomic E-state index is 11.8. The highest BCUT2D eigenvalue weighted by Gasteiger charge is 2.14. The van der Waals surface area contributed by atoms with Crippen molar-refractivity contribution >= 4 is 34.8 Å². The van der Waals surface area contributed by atoms with Gasteiger partial charge in [0.05, 0.1) is 22.6 Å². The fourth-order valence-electron chi connectivity index (χ4n) is 1.43. The first kappa shape index (κ1) is 13.6. The summed E-state index contributed by atoms with van der Waals surface area (Å²) in [4.78, 5) is 25.3. The molecule has 1 aromatic carbocycles. The van der Waals surface area contributed by atoms with E-state index in [1.54, 1.807) is 18.2 Å². The fourth-order valence-corrected chi connectivity index (χ4v) is 2.53. The molecule has 0 saturated carbocycles. The van der Waals surface area contributed by atoms with Crippen molar-refractivity contribution in [3.8, 4) is 0 Å². The van der Waals surface area contributed by atoms with Crippen molar-refractivity contribution < 1.29 is 9.72 Å². The molecule has 1 heterocycles. The number of halogens is 1. The van der Waals surface area contributed by atoms with Gasteiger partial charge in [-0.1, -0.05) is 17.7 Å². The third-order valence-electron chi connectivity index (χ3n) is 2.35. The summed E-state index contributed by atoms with van der Waals surface area (Å²) in [6, 6.07) is 8.40. The van der Waals surface area contributed by atoms with Gasteiger partial charge in [0.2, 0.25) is 0 Å². The summed E-state index contributed by atoms with van der Waals surface area (Å²) in [7, 11) is 0. The standard InChI is InChI=1S/C12H9ClN2O3S/c13-8-2-1-3-10(4-8)19-7-12(16)11-5-9(6-14-11)15(17)18/h1-6,14H,7H2. The van der Waals surface area contributed by atoms with Crippen LogP contribution in [0.25, 0.3) is 0 Å². The second-order valence-electron chi connectivity index (χ2n) is 3.70. The summed E-state index contributed by atoms with van der Waals surface area (Å²) < 4.78 is 0. The minimum absolute atomic E-state index is 0.115. The minimum Gasteiger partial charge on any atom is -0.353 e. The van der Waals surface area contributed by atoms with E-state index >= 15 is 0 Å². The van der Waals surface area contributed by atoms with E-state index in [1.165, 1.54) is 24.0 Å². The van der Waals surface area contributed by atoms with Gasteiger partial charge in [-0.05, 0) is 18.2 Å². The Labute approximate surface area is 118 Å². The van der Waals surface area contributed by atoms with Gasteiger partial charge in [0.1, 0.15) is 0 Å². The lowest BCUT2D eigenvalue weighted by Gasteiger charge is -2.00. The van der Waals surface area contributed by atoms with Crippen LogP contribution < -0.4 is 0 Å². The number of nitrogens with one attached hydrogen (secondary N) is 1. The Morgan fingerprint density at radius 1 is 1.42 bits per heavy atom. The highest BCUT2D eigenvalue weighted by atomic mass is 35.5. The van der Waals surface area contributed by atoms with Crippen molar-refractivity contribution in [3.63, 3.8) is 0 Å². The monoisotopic (exact) mass is 296 g/mol. The van der Waals surface area contributed by atoms with E-state index in [0.29, 0.717) is 5.02 Å². The van der Waals surface area contributed by atoms with Crippen LogP contribution in [0, 0.1) is 10.1 Å². The van der Waals surface area contributed by atoms with Gasteiger partial charge >= 0.3 is 0 Å². The highest BCUT2D eigenvalue weighted by Crippen LogP contribution is 2.23. The molecule has 0 unspecified atom stereocenters. The molecule has 2 aromatic rings. The van der Waals surface area contributed by atoms with Crippen molar-refractivity contribution in [1.29, 1.82) is 0 Å². The number of carbonyl (C=O) groups is 1. The average Bonchev–Trinajstić information content (AvgIpc) is 2.86. The zero-order chi connectivity index (χ0) is 13.8. The van der Waals surface area contributed by atoms with Gasteiger partial charge in [-0.25, -0.2) is 0 Å². The van der Waals surface area contributed by atoms with E-state index in [2.05, 4.69) is 4.98 Å². The van der Waals surface area contributed by atoms with E-state index in [9.17, 15) is 14.9 Å². The molecular weight excluding hydrogens is 288 g/mol. The van der Waals surface area contributed by atoms with Gasteiger partial charge in [0.25, 0.3) is 5.69 Å². The quantitative estimate of drug-likeness (QED) is 0.396. The number of hydrogen-bond acceptors (Lipinski definition) is 4. The van der Waals surface area contributed by atoms with Crippen LogP contribution in [0.5, 0.6) is 0 Å². The molecule has 0 saturated heterocycles. The first-order valence-electron chi connectivity index (χ1n) is 5.30. The molecule has 1 N–H and O–H groups in total. The van der Waals surface area contributed by atoms with Crippen LogP contribution in [0.2, 0.25) is 5.02 Å². The van der Waals surface area contributed by atoms with Crippen molar-refractivity contribution in [2.24, 2.45) is 0 Å². The zero-order valence-electron chi connectivity index (χ0n) is 9.63. The van der Waals surface area contributed by atoms with E-state index in [4.69, 9.17) is 11.6 Å². The lowest BCUT2D eigenvalue weighted by molar-refractivity contribution is -0.384. The van der Waals surface area contributed by atoms with Crippen LogP contribution in [0.4, 0.5) is 5.69 Å². The summed E-state index contributed by atoms with van der Waals surface area (Å²) >= 11 is 7.17. The summed E-state index contributed by atoms with van der Waals surface area (Å²) in [5, 5.41) is 11.1. The number of rotatable bonds is 5. The molecule has 0 aliphatic carbocycles. The topological polar surface area (TPSA) is 76.0 Å². The normalized spacial score (nSPS) is 10.4. The van der Waals surface area contributed by atoms with Gasteiger partial charge in [-0.15, -0.1) is 11.8 Å². The Morgan fingerprint density at radius 3 is 2.84 bits per heavy atom. The molecule has 0 bridgehead atoms. The van der Waals surface area contributed by atoms with Crippen molar-refractivity contribution in [2.75, 3.05) is 5.75 Å². The number of aromatic nitrogens is 1. The number of thioether (sulfide) groups is 1. The van der Waals surface area contributed by atoms with Gasteiger partial charge < -0.3 is 4.98 Å². The second kappa shape index (κ2) is 5.90. The molecule has 0 fully saturated rings. The SMILES string of the molecule is O=C(CSc1cccc(Cl)c1)c1cc([N+](=O)[O-])c[nH]1. The largest absolute Gasteiger partial charge is 0.353 e. The van der Waals surface area contributed by atoms with Gasteiger partial charge in [-0.2, -0.15) is 0 Å². The van der Waals surface area contributed by atoms with Crippen LogP contribution in [0.15, 0.2) is 41.4 Å². The zero-order valence-corrected chi connectivity index (χ0v) is 11.2. The number of hydrogen-bond donors (Lipinski definition) is 1. The smallest absolute Gasteiger partial charge is 0.287 e. The summed E-state index contributed by atoms with van der Waals surface area (Å²) in [5.74, 6) is -0.00376. The highest BCUT2D eigenvalue weighted by molar-refractivity contribution is 8.00. The Morgan fingerprint density at radius 2 is 2.21 bits per heavy atom. The molecule has 0 aliphatic rings. The molecular formula is C12H9ClN2O3S. The summed E-state index contributed by atoms with van der Waals surface area (Å²) in [6.45, 7) is 0. The predicted octanol–water partition coefficient (Wildman–Crippen LogP) is 3.55. The first-order chi connectivity index (χ1) is 9.06. The van der Waals surface area contributed by atoms with Crippen LogP contribution >= 0.6 is 23.4 Å². The molecule has 1 aromatic heterocycles. The lowest BCUT2D eigenvalue weighted by atomic mass is 10.3. The van der Waals surface area contributed by atoms with E-state index in [0.717, 1.165) is 4.90 Å². The number of benzene rings is 1. The maximum Gasteiger partial charge on any atom is 0.287 e. The van der Waals surface area contributed by atoms with Crippen LogP contribution in [0.3, 0.4) is 0 Å². The number of H-pyrrole nitrogens is 1. The first-order valence-corrected chi connectivity index (χ1v) is 6.67. The third-order valence-corrected chi connectivity index (χ3v) is 3.57. The third kappa shape index (κ3) is 3.59. The van der Waals surface area contributed by atoms with Gasteiger partial charge in [0.15, 0.2) is 5.78 Å². The molecule has 0 aliphatic heterocycles. The van der Waals surface area contributed by atoms with Crippen LogP contribution in [-0.4, -0.2) is 21.4 Å². The molecule has 2 rings (SSSR count). The van der Waals surface area contributed by atoms with Crippen molar-refractivity contribution in [1.82, 2.24) is 4.98 Å². The maximum absolute atomic E-state index is 11.8. The number of nitrogens with zero attached hydrogens (tertiary/aromatic N) is 1. The van der Waals surface area contributed by atoms with Crippen molar-refractivity contribution in [3.05, 3.63) is 57.4 Å². The van der Waals surface area contributed by atoms with E-state index in [1.807, 2.05) is 6.07 Å². The van der Waals surface area contributed by atoms with Gasteiger partial charge in [-0.3, -0.25) is 14.9 Å². The minimum atomic E-state index is -0.544. The Kier molecular flexibility index (Phi) is 4.24. The molecule has 19 heavy (non-hydrogen) atoms. The van der Waals surface area contributed by atoms with E-state index in [-0.39, 0.29) is 22.9 Å². The molecule has 0 radical (unpaired) electrons.